The molecule has 3 heteroatoms. The number of carbonyl (C=O) groups excluding carboxylic acids is 1. The Labute approximate surface area is 85.7 Å². The molecule has 0 aliphatic heterocycles. The summed E-state index contributed by atoms with van der Waals surface area (Å²) in [6.07, 6.45) is 4.91. The van der Waals surface area contributed by atoms with Gasteiger partial charge in [0.2, 0.25) is 5.91 Å². The van der Waals surface area contributed by atoms with Crippen LogP contribution in [0.15, 0.2) is 11.6 Å². The topological polar surface area (TPSA) is 55.1 Å². The van der Waals surface area contributed by atoms with Gasteiger partial charge in [0, 0.05) is 12.1 Å². The molecule has 2 atom stereocenters. The normalized spacial score (nSPS) is 25.9. The lowest BCUT2D eigenvalue weighted by molar-refractivity contribution is -0.117. The van der Waals surface area contributed by atoms with Gasteiger partial charge in [-0.15, -0.1) is 0 Å². The van der Waals surface area contributed by atoms with Crippen LogP contribution in [-0.2, 0) is 4.79 Å². The minimum absolute atomic E-state index is 0.0349. The van der Waals surface area contributed by atoms with Gasteiger partial charge in [-0.05, 0) is 45.6 Å². The van der Waals surface area contributed by atoms with Crippen molar-refractivity contribution >= 4 is 5.91 Å². The zero-order chi connectivity index (χ0) is 10.6. The first kappa shape index (κ1) is 11.2. The van der Waals surface area contributed by atoms with Crippen molar-refractivity contribution in [2.45, 2.75) is 39.2 Å². The first-order valence-electron chi connectivity index (χ1n) is 5.27. The molecule has 1 aliphatic carbocycles. The first-order chi connectivity index (χ1) is 6.61. The molecule has 0 bridgehead atoms. The summed E-state index contributed by atoms with van der Waals surface area (Å²) in [7, 11) is 0. The fraction of sp³-hybridized carbons (Fsp3) is 0.727. The van der Waals surface area contributed by atoms with Crippen molar-refractivity contribution in [3.05, 3.63) is 11.6 Å². The van der Waals surface area contributed by atoms with Crippen molar-refractivity contribution in [1.82, 2.24) is 5.32 Å². The van der Waals surface area contributed by atoms with Crippen LogP contribution in [0.2, 0.25) is 0 Å². The lowest BCUT2D eigenvalue weighted by atomic mass is 10.1. The summed E-state index contributed by atoms with van der Waals surface area (Å²) in [5, 5.41) is 3.00. The summed E-state index contributed by atoms with van der Waals surface area (Å²) < 4.78 is 0. The summed E-state index contributed by atoms with van der Waals surface area (Å²) in [6.45, 7) is 4.60. The van der Waals surface area contributed by atoms with Crippen molar-refractivity contribution in [2.24, 2.45) is 11.7 Å². The number of rotatable bonds is 3. The Morgan fingerprint density at radius 2 is 2.21 bits per heavy atom. The van der Waals surface area contributed by atoms with Crippen LogP contribution in [0.1, 0.15) is 33.1 Å². The third kappa shape index (κ3) is 3.50. The maximum atomic E-state index is 11.4. The maximum Gasteiger partial charge on any atom is 0.244 e. The second-order valence-corrected chi connectivity index (χ2v) is 4.34. The Bertz CT molecular complexity index is 231. The average molecular weight is 196 g/mol. The van der Waals surface area contributed by atoms with E-state index in [1.54, 1.807) is 6.08 Å². The molecule has 2 unspecified atom stereocenters. The molecule has 1 aliphatic rings. The Kier molecular flexibility index (Phi) is 4.14. The van der Waals surface area contributed by atoms with Gasteiger partial charge in [0.25, 0.3) is 0 Å². The molecule has 1 fully saturated rings. The maximum absolute atomic E-state index is 11.4. The zero-order valence-corrected chi connectivity index (χ0v) is 9.05. The standard InChI is InChI=1S/C11H20N2O/c1-8(2)5-11(14)13-10-4-3-9(6-10)7-12/h5,9-10H,3-4,6-7,12H2,1-2H3,(H,13,14). The fourth-order valence-corrected chi connectivity index (χ4v) is 1.93. The van der Waals surface area contributed by atoms with E-state index < -0.39 is 0 Å². The highest BCUT2D eigenvalue weighted by molar-refractivity contribution is 5.88. The van der Waals surface area contributed by atoms with E-state index in [1.807, 2.05) is 13.8 Å². The van der Waals surface area contributed by atoms with E-state index in [-0.39, 0.29) is 5.91 Å². The molecular weight excluding hydrogens is 176 g/mol. The second-order valence-electron chi connectivity index (χ2n) is 4.34. The number of hydrogen-bond acceptors (Lipinski definition) is 2. The monoisotopic (exact) mass is 196 g/mol. The van der Waals surface area contributed by atoms with Crippen LogP contribution in [0.3, 0.4) is 0 Å². The van der Waals surface area contributed by atoms with Crippen LogP contribution in [0.4, 0.5) is 0 Å². The van der Waals surface area contributed by atoms with Crippen LogP contribution < -0.4 is 11.1 Å². The highest BCUT2D eigenvalue weighted by Crippen LogP contribution is 2.24. The van der Waals surface area contributed by atoms with Gasteiger partial charge in [-0.1, -0.05) is 5.57 Å². The number of nitrogens with two attached hydrogens (primary N) is 1. The minimum atomic E-state index is 0.0349. The van der Waals surface area contributed by atoms with Gasteiger partial charge in [-0.25, -0.2) is 0 Å². The molecule has 80 valence electrons. The van der Waals surface area contributed by atoms with Crippen LogP contribution >= 0.6 is 0 Å². The smallest absolute Gasteiger partial charge is 0.244 e. The third-order valence-electron chi connectivity index (χ3n) is 2.64. The van der Waals surface area contributed by atoms with Crippen LogP contribution in [0.25, 0.3) is 0 Å². The van der Waals surface area contributed by atoms with E-state index in [1.165, 1.54) is 0 Å². The number of hydrogen-bond donors (Lipinski definition) is 2. The lowest BCUT2D eigenvalue weighted by Crippen LogP contribution is -2.32. The summed E-state index contributed by atoms with van der Waals surface area (Å²) >= 11 is 0. The number of carbonyl (C=O) groups is 1. The molecule has 3 N–H and O–H groups in total. The number of nitrogens with one attached hydrogen (secondary N) is 1. The molecule has 0 aromatic carbocycles. The Balaban J connectivity index is 2.32. The van der Waals surface area contributed by atoms with Gasteiger partial charge in [-0.3, -0.25) is 4.79 Å². The van der Waals surface area contributed by atoms with Gasteiger partial charge in [0.1, 0.15) is 0 Å². The minimum Gasteiger partial charge on any atom is -0.350 e. The number of allylic oxidation sites excluding steroid dienone is 1. The predicted molar refractivity (Wildman–Crippen MR) is 57.8 cm³/mol. The molecule has 14 heavy (non-hydrogen) atoms. The van der Waals surface area contributed by atoms with Crippen molar-refractivity contribution in [3.63, 3.8) is 0 Å². The number of amides is 1. The highest BCUT2D eigenvalue weighted by atomic mass is 16.1. The van der Waals surface area contributed by atoms with Crippen molar-refractivity contribution in [1.29, 1.82) is 0 Å². The SMILES string of the molecule is CC(C)=CC(=O)NC1CCC(CN)C1. The zero-order valence-electron chi connectivity index (χ0n) is 9.05. The van der Waals surface area contributed by atoms with Gasteiger partial charge >= 0.3 is 0 Å². The Hall–Kier alpha value is -0.830. The van der Waals surface area contributed by atoms with Crippen molar-refractivity contribution in [3.8, 4) is 0 Å². The van der Waals surface area contributed by atoms with Gasteiger partial charge < -0.3 is 11.1 Å². The Morgan fingerprint density at radius 1 is 1.50 bits per heavy atom. The average Bonchev–Trinajstić information content (AvgIpc) is 2.50. The molecule has 0 aromatic heterocycles. The van der Waals surface area contributed by atoms with Crippen LogP contribution in [0.5, 0.6) is 0 Å². The molecule has 1 amide bonds. The van der Waals surface area contributed by atoms with E-state index in [0.717, 1.165) is 31.4 Å². The molecule has 0 saturated heterocycles. The summed E-state index contributed by atoms with van der Waals surface area (Å²) in [4.78, 5) is 11.4. The van der Waals surface area contributed by atoms with Gasteiger partial charge in [-0.2, -0.15) is 0 Å². The van der Waals surface area contributed by atoms with E-state index >= 15 is 0 Å². The molecule has 0 spiro atoms. The Morgan fingerprint density at radius 3 is 2.71 bits per heavy atom. The molecule has 0 heterocycles. The molecule has 0 aromatic rings. The van der Waals surface area contributed by atoms with E-state index in [0.29, 0.717) is 12.0 Å². The van der Waals surface area contributed by atoms with E-state index in [4.69, 9.17) is 5.73 Å². The molecule has 0 radical (unpaired) electrons. The summed E-state index contributed by atoms with van der Waals surface area (Å²) in [6, 6.07) is 0.339. The van der Waals surface area contributed by atoms with Gasteiger partial charge in [0.15, 0.2) is 0 Å². The van der Waals surface area contributed by atoms with Crippen LogP contribution in [0, 0.1) is 5.92 Å². The first-order valence-corrected chi connectivity index (χ1v) is 5.27. The molecular formula is C11H20N2O. The third-order valence-corrected chi connectivity index (χ3v) is 2.64. The van der Waals surface area contributed by atoms with Crippen molar-refractivity contribution < 1.29 is 4.79 Å². The quantitative estimate of drug-likeness (QED) is 0.666. The fourth-order valence-electron chi connectivity index (χ4n) is 1.93. The predicted octanol–water partition coefficient (Wildman–Crippen LogP) is 1.20. The molecule has 1 rings (SSSR count). The highest BCUT2D eigenvalue weighted by Gasteiger charge is 2.23. The summed E-state index contributed by atoms with van der Waals surface area (Å²) in [5.41, 5.74) is 6.62. The summed E-state index contributed by atoms with van der Waals surface area (Å²) in [5.74, 6) is 0.639. The van der Waals surface area contributed by atoms with Crippen LogP contribution in [-0.4, -0.2) is 18.5 Å². The lowest BCUT2D eigenvalue weighted by Gasteiger charge is -2.11. The molecule has 1 saturated carbocycles. The second kappa shape index (κ2) is 5.15. The van der Waals surface area contributed by atoms with E-state index in [2.05, 4.69) is 5.32 Å². The van der Waals surface area contributed by atoms with Gasteiger partial charge in [0.05, 0.1) is 0 Å². The molecule has 3 nitrogen and oxygen atoms in total. The van der Waals surface area contributed by atoms with Crippen molar-refractivity contribution in [2.75, 3.05) is 6.54 Å². The largest absolute Gasteiger partial charge is 0.350 e. The van der Waals surface area contributed by atoms with E-state index in [9.17, 15) is 4.79 Å².